The topological polar surface area (TPSA) is 119 Å². The standard InChI is InChI=1S/C33H37FN6O4/c1-4-16-40(17-5-2)18-19-43-28-21-36-30-29(39-28)27(12-15-35-30)44-26-11-10-24(20-25(26)34)38-32(42)33(13-14-33)31(41)37-23-8-6-22(3)7-9-23/h6-12,15,20-21H,4-5,13-14,16-19H2,1-3H3,(H,37,41)(H,38,42). The second-order valence-electron chi connectivity index (χ2n) is 11.0. The lowest BCUT2D eigenvalue weighted by Crippen LogP contribution is -2.35. The SMILES string of the molecule is CCCN(CCC)CCOc1cnc2nccc(Oc3ccc(NC(=O)C4(C(=O)Nc5ccc(C)cc5)CC4)cc3F)c2n1. The maximum Gasteiger partial charge on any atom is 0.240 e. The molecule has 0 aliphatic heterocycles. The van der Waals surface area contributed by atoms with Crippen molar-refractivity contribution < 1.29 is 23.5 Å². The van der Waals surface area contributed by atoms with Crippen LogP contribution in [0, 0.1) is 18.2 Å². The second kappa shape index (κ2) is 13.8. The molecule has 0 unspecified atom stereocenters. The molecule has 1 saturated carbocycles. The highest BCUT2D eigenvalue weighted by Crippen LogP contribution is 2.47. The number of aromatic nitrogens is 3. The van der Waals surface area contributed by atoms with Crippen LogP contribution in [0.2, 0.25) is 0 Å². The van der Waals surface area contributed by atoms with Gasteiger partial charge in [-0.3, -0.25) is 14.5 Å². The molecule has 10 nitrogen and oxygen atoms in total. The lowest BCUT2D eigenvalue weighted by Gasteiger charge is -2.20. The van der Waals surface area contributed by atoms with Crippen LogP contribution < -0.4 is 20.1 Å². The third-order valence-electron chi connectivity index (χ3n) is 7.46. The van der Waals surface area contributed by atoms with Gasteiger partial charge in [-0.2, -0.15) is 0 Å². The quantitative estimate of drug-likeness (QED) is 0.166. The molecule has 2 aromatic heterocycles. The smallest absolute Gasteiger partial charge is 0.240 e. The fraction of sp³-hybridized carbons (Fsp3) is 0.364. The number of carbonyl (C=O) groups is 2. The summed E-state index contributed by atoms with van der Waals surface area (Å²) in [7, 11) is 0. The van der Waals surface area contributed by atoms with Crippen molar-refractivity contribution in [2.45, 2.75) is 46.5 Å². The Morgan fingerprint density at radius 3 is 2.25 bits per heavy atom. The predicted molar refractivity (Wildman–Crippen MR) is 166 cm³/mol. The van der Waals surface area contributed by atoms with Crippen LogP contribution in [0.5, 0.6) is 17.4 Å². The minimum atomic E-state index is -1.19. The van der Waals surface area contributed by atoms with E-state index in [1.165, 1.54) is 24.5 Å². The van der Waals surface area contributed by atoms with Crippen LogP contribution in [-0.4, -0.2) is 57.9 Å². The minimum absolute atomic E-state index is 0.0726. The van der Waals surface area contributed by atoms with E-state index in [2.05, 4.69) is 44.3 Å². The fourth-order valence-corrected chi connectivity index (χ4v) is 4.88. The molecule has 2 aromatic carbocycles. The molecule has 2 heterocycles. The molecule has 2 amide bonds. The molecule has 4 aromatic rings. The van der Waals surface area contributed by atoms with E-state index in [-0.39, 0.29) is 23.1 Å². The number of amides is 2. The highest BCUT2D eigenvalue weighted by Gasteiger charge is 2.56. The maximum absolute atomic E-state index is 15.2. The summed E-state index contributed by atoms with van der Waals surface area (Å²) >= 11 is 0. The number of carbonyl (C=O) groups excluding carboxylic acids is 2. The molecule has 0 saturated heterocycles. The summed E-state index contributed by atoms with van der Waals surface area (Å²) in [5.41, 5.74) is 1.36. The van der Waals surface area contributed by atoms with Crippen molar-refractivity contribution in [2.75, 3.05) is 36.9 Å². The molecule has 230 valence electrons. The summed E-state index contributed by atoms with van der Waals surface area (Å²) in [6.45, 7) is 9.47. The normalized spacial score (nSPS) is 13.5. The van der Waals surface area contributed by atoms with Crippen LogP contribution in [0.4, 0.5) is 15.8 Å². The lowest BCUT2D eigenvalue weighted by atomic mass is 10.0. The van der Waals surface area contributed by atoms with Gasteiger partial charge in [-0.15, -0.1) is 0 Å². The lowest BCUT2D eigenvalue weighted by molar-refractivity contribution is -0.131. The number of aryl methyl sites for hydroxylation is 1. The molecule has 0 radical (unpaired) electrons. The zero-order chi connectivity index (χ0) is 31.1. The van der Waals surface area contributed by atoms with Crippen LogP contribution in [0.15, 0.2) is 60.9 Å². The fourth-order valence-electron chi connectivity index (χ4n) is 4.88. The van der Waals surface area contributed by atoms with Crippen molar-refractivity contribution in [1.82, 2.24) is 19.9 Å². The Balaban J connectivity index is 1.23. The van der Waals surface area contributed by atoms with Crippen LogP contribution in [0.25, 0.3) is 11.2 Å². The molecular formula is C33H37FN6O4. The number of pyridine rings is 1. The summed E-state index contributed by atoms with van der Waals surface area (Å²) in [5.74, 6) is -1.06. The van der Waals surface area contributed by atoms with Gasteiger partial charge >= 0.3 is 0 Å². The van der Waals surface area contributed by atoms with Crippen LogP contribution in [0.1, 0.15) is 45.1 Å². The van der Waals surface area contributed by atoms with E-state index >= 15 is 4.39 Å². The first kappa shape index (κ1) is 30.8. The molecule has 1 aliphatic carbocycles. The Kier molecular flexibility index (Phi) is 9.64. The Morgan fingerprint density at radius 2 is 1.59 bits per heavy atom. The zero-order valence-electron chi connectivity index (χ0n) is 25.2. The molecule has 0 bridgehead atoms. The summed E-state index contributed by atoms with van der Waals surface area (Å²) in [6.07, 6.45) is 5.98. The third kappa shape index (κ3) is 7.28. The van der Waals surface area contributed by atoms with E-state index in [0.717, 1.165) is 44.1 Å². The Morgan fingerprint density at radius 1 is 0.909 bits per heavy atom. The summed E-state index contributed by atoms with van der Waals surface area (Å²) in [6, 6.07) is 13.0. The molecule has 0 atom stereocenters. The molecule has 0 spiro atoms. The number of ether oxygens (including phenoxy) is 2. The molecule has 11 heteroatoms. The molecule has 44 heavy (non-hydrogen) atoms. The van der Waals surface area contributed by atoms with Crippen LogP contribution >= 0.6 is 0 Å². The van der Waals surface area contributed by atoms with Gasteiger partial charge in [-0.25, -0.2) is 19.3 Å². The average molecular weight is 601 g/mol. The number of rotatable bonds is 14. The molecular weight excluding hydrogens is 563 g/mol. The van der Waals surface area contributed by atoms with Gasteiger partial charge in [0.05, 0.1) is 6.20 Å². The predicted octanol–water partition coefficient (Wildman–Crippen LogP) is 6.12. The van der Waals surface area contributed by atoms with Gasteiger partial charge in [-0.1, -0.05) is 31.5 Å². The van der Waals surface area contributed by atoms with Crippen LogP contribution in [0.3, 0.4) is 0 Å². The number of nitrogens with zero attached hydrogens (tertiary/aromatic N) is 4. The summed E-state index contributed by atoms with van der Waals surface area (Å²) in [5, 5.41) is 5.49. The first-order valence-electron chi connectivity index (χ1n) is 14.9. The van der Waals surface area contributed by atoms with Gasteiger partial charge < -0.3 is 20.1 Å². The minimum Gasteiger partial charge on any atom is -0.475 e. The van der Waals surface area contributed by atoms with E-state index in [1.807, 2.05) is 19.1 Å². The first-order chi connectivity index (χ1) is 21.3. The number of anilines is 2. The Hall–Kier alpha value is -4.64. The van der Waals surface area contributed by atoms with E-state index in [4.69, 9.17) is 9.47 Å². The number of hydrogen-bond acceptors (Lipinski definition) is 8. The number of nitrogens with one attached hydrogen (secondary N) is 2. The maximum atomic E-state index is 15.2. The van der Waals surface area contributed by atoms with Gasteiger partial charge in [0.1, 0.15) is 12.0 Å². The highest BCUT2D eigenvalue weighted by atomic mass is 19.1. The van der Waals surface area contributed by atoms with Crippen molar-refractivity contribution in [3.63, 3.8) is 0 Å². The third-order valence-corrected chi connectivity index (χ3v) is 7.46. The van der Waals surface area contributed by atoms with Crippen molar-refractivity contribution in [3.05, 3.63) is 72.3 Å². The number of halogens is 1. The molecule has 2 N–H and O–H groups in total. The van der Waals surface area contributed by atoms with E-state index in [0.29, 0.717) is 42.2 Å². The largest absolute Gasteiger partial charge is 0.475 e. The van der Waals surface area contributed by atoms with E-state index < -0.39 is 17.1 Å². The average Bonchev–Trinajstić information content (AvgIpc) is 3.83. The molecule has 1 fully saturated rings. The number of hydrogen-bond donors (Lipinski definition) is 2. The van der Waals surface area contributed by atoms with Crippen LogP contribution in [-0.2, 0) is 9.59 Å². The van der Waals surface area contributed by atoms with Gasteiger partial charge in [0.15, 0.2) is 28.5 Å². The van der Waals surface area contributed by atoms with Gasteiger partial charge in [-0.05, 0) is 70.0 Å². The van der Waals surface area contributed by atoms with Crippen molar-refractivity contribution in [3.8, 4) is 17.4 Å². The highest BCUT2D eigenvalue weighted by molar-refractivity contribution is 6.16. The summed E-state index contributed by atoms with van der Waals surface area (Å²) < 4.78 is 26.9. The first-order valence-corrected chi connectivity index (χ1v) is 14.9. The molecule has 5 rings (SSSR count). The van der Waals surface area contributed by atoms with Gasteiger partial charge in [0, 0.05) is 36.2 Å². The number of benzene rings is 2. The van der Waals surface area contributed by atoms with E-state index in [9.17, 15) is 9.59 Å². The van der Waals surface area contributed by atoms with Crippen molar-refractivity contribution in [1.29, 1.82) is 0 Å². The summed E-state index contributed by atoms with van der Waals surface area (Å²) in [4.78, 5) is 41.4. The van der Waals surface area contributed by atoms with Crippen molar-refractivity contribution in [2.24, 2.45) is 5.41 Å². The second-order valence-corrected chi connectivity index (χ2v) is 11.0. The Labute approximate surface area is 256 Å². The molecule has 1 aliphatic rings. The Bertz CT molecular complexity index is 1620. The zero-order valence-corrected chi connectivity index (χ0v) is 25.2. The number of fused-ring (bicyclic) bond motifs is 1. The van der Waals surface area contributed by atoms with Gasteiger partial charge in [0.25, 0.3) is 0 Å². The monoisotopic (exact) mass is 600 g/mol. The van der Waals surface area contributed by atoms with Gasteiger partial charge in [0.2, 0.25) is 17.7 Å². The van der Waals surface area contributed by atoms with E-state index in [1.54, 1.807) is 18.2 Å². The van der Waals surface area contributed by atoms with Crippen molar-refractivity contribution >= 4 is 34.4 Å².